The Morgan fingerprint density at radius 1 is 1.34 bits per heavy atom. The molecule has 1 aromatic rings. The number of benzene rings is 1. The van der Waals surface area contributed by atoms with Gasteiger partial charge in [0.15, 0.2) is 6.61 Å². The Morgan fingerprint density at radius 3 is 2.79 bits per heavy atom. The van der Waals surface area contributed by atoms with Gasteiger partial charge in [0.2, 0.25) is 0 Å². The first-order valence-corrected chi connectivity index (χ1v) is 9.58. The molecule has 9 heteroatoms. The van der Waals surface area contributed by atoms with Crippen LogP contribution < -0.4 is 10.6 Å². The number of urea groups is 1. The van der Waals surface area contributed by atoms with Gasteiger partial charge < -0.3 is 15.4 Å². The van der Waals surface area contributed by atoms with Crippen LogP contribution >= 0.6 is 0 Å². The number of carbonyl (C=O) groups excluding carboxylic acids is 4. The van der Waals surface area contributed by atoms with E-state index < -0.39 is 48.3 Å². The Balaban J connectivity index is 1.53. The molecule has 8 nitrogen and oxygen atoms in total. The number of hydrogen-bond donors (Lipinski definition) is 2. The van der Waals surface area contributed by atoms with Crippen molar-refractivity contribution in [2.24, 2.45) is 5.92 Å². The SMILES string of the molecule is Cc1ccc(NC(=O)COC(=O)CN2C(=O)N[C@@]3(CCCC[C@@H]3C)C2=O)c(F)c1. The fourth-order valence-electron chi connectivity index (χ4n) is 3.87. The minimum absolute atomic E-state index is 0.0242. The molecule has 0 aromatic heterocycles. The topological polar surface area (TPSA) is 105 Å². The third kappa shape index (κ3) is 4.23. The van der Waals surface area contributed by atoms with Crippen molar-refractivity contribution in [3.05, 3.63) is 29.6 Å². The first kappa shape index (κ1) is 20.8. The van der Waals surface area contributed by atoms with Crippen LogP contribution in [-0.4, -0.2) is 47.4 Å². The summed E-state index contributed by atoms with van der Waals surface area (Å²) < 4.78 is 18.6. The van der Waals surface area contributed by atoms with E-state index in [1.54, 1.807) is 13.0 Å². The number of halogens is 1. The van der Waals surface area contributed by atoms with Gasteiger partial charge in [-0.15, -0.1) is 0 Å². The lowest BCUT2D eigenvalue weighted by Gasteiger charge is -2.36. The first-order valence-electron chi connectivity index (χ1n) is 9.58. The van der Waals surface area contributed by atoms with Gasteiger partial charge in [-0.25, -0.2) is 9.18 Å². The Morgan fingerprint density at radius 2 is 2.10 bits per heavy atom. The van der Waals surface area contributed by atoms with Crippen molar-refractivity contribution >= 4 is 29.5 Å². The van der Waals surface area contributed by atoms with E-state index in [2.05, 4.69) is 10.6 Å². The van der Waals surface area contributed by atoms with Crippen LogP contribution in [0.5, 0.6) is 0 Å². The molecule has 156 valence electrons. The van der Waals surface area contributed by atoms with Crippen molar-refractivity contribution in [2.45, 2.75) is 45.1 Å². The van der Waals surface area contributed by atoms with Crippen molar-refractivity contribution in [1.82, 2.24) is 10.2 Å². The van der Waals surface area contributed by atoms with Crippen LogP contribution in [0.4, 0.5) is 14.9 Å². The summed E-state index contributed by atoms with van der Waals surface area (Å²) in [6.45, 7) is 2.39. The smallest absolute Gasteiger partial charge is 0.326 e. The van der Waals surface area contributed by atoms with E-state index in [0.717, 1.165) is 24.2 Å². The number of carbonyl (C=O) groups is 4. The minimum atomic E-state index is -0.962. The molecule has 2 atom stereocenters. The molecule has 0 unspecified atom stereocenters. The van der Waals surface area contributed by atoms with Crippen LogP contribution in [0.2, 0.25) is 0 Å². The zero-order valence-corrected chi connectivity index (χ0v) is 16.4. The van der Waals surface area contributed by atoms with E-state index in [9.17, 15) is 23.6 Å². The number of imide groups is 1. The summed E-state index contributed by atoms with van der Waals surface area (Å²) in [5.74, 6) is -2.68. The van der Waals surface area contributed by atoms with Gasteiger partial charge in [0.05, 0.1) is 5.69 Å². The number of hydrogen-bond acceptors (Lipinski definition) is 5. The molecule has 2 N–H and O–H groups in total. The summed E-state index contributed by atoms with van der Waals surface area (Å²) in [6, 6.07) is 3.67. The highest BCUT2D eigenvalue weighted by Gasteiger charge is 2.55. The van der Waals surface area contributed by atoms with Crippen molar-refractivity contribution in [3.8, 4) is 0 Å². The van der Waals surface area contributed by atoms with Crippen LogP contribution in [0.15, 0.2) is 18.2 Å². The number of amides is 4. The van der Waals surface area contributed by atoms with Gasteiger partial charge in [0, 0.05) is 0 Å². The molecule has 29 heavy (non-hydrogen) atoms. The Kier molecular flexibility index (Phi) is 5.86. The quantitative estimate of drug-likeness (QED) is 0.577. The Labute approximate surface area is 167 Å². The van der Waals surface area contributed by atoms with Crippen molar-refractivity contribution in [2.75, 3.05) is 18.5 Å². The maximum atomic E-state index is 13.8. The molecule has 0 bridgehead atoms. The van der Waals surface area contributed by atoms with Gasteiger partial charge in [0.25, 0.3) is 11.8 Å². The summed E-state index contributed by atoms with van der Waals surface area (Å²) in [5, 5.41) is 5.05. The molecular formula is C20H24FN3O5. The number of aryl methyl sites for hydroxylation is 1. The first-order chi connectivity index (χ1) is 13.7. The van der Waals surface area contributed by atoms with Gasteiger partial charge in [0.1, 0.15) is 17.9 Å². The molecule has 2 aliphatic rings. The second-order valence-corrected chi connectivity index (χ2v) is 7.63. The molecule has 3 rings (SSSR count). The molecule has 4 amide bonds. The van der Waals surface area contributed by atoms with Gasteiger partial charge in [-0.3, -0.25) is 19.3 Å². The molecular weight excluding hydrogens is 381 g/mol. The van der Waals surface area contributed by atoms with Crippen LogP contribution in [0.25, 0.3) is 0 Å². The number of anilines is 1. The lowest BCUT2D eigenvalue weighted by molar-refractivity contribution is -0.150. The molecule has 1 spiro atoms. The van der Waals surface area contributed by atoms with Crippen LogP contribution in [0.1, 0.15) is 38.2 Å². The normalized spacial score (nSPS) is 23.8. The average Bonchev–Trinajstić information content (AvgIpc) is 2.90. The number of ether oxygens (including phenoxy) is 1. The predicted molar refractivity (Wildman–Crippen MR) is 101 cm³/mol. The Bertz CT molecular complexity index is 859. The minimum Gasteiger partial charge on any atom is -0.454 e. The zero-order chi connectivity index (χ0) is 21.2. The number of esters is 1. The molecule has 1 saturated carbocycles. The Hall–Kier alpha value is -2.97. The van der Waals surface area contributed by atoms with Crippen LogP contribution in [0, 0.1) is 18.7 Å². The second kappa shape index (κ2) is 8.18. The molecule has 1 aromatic carbocycles. The highest BCUT2D eigenvalue weighted by atomic mass is 19.1. The summed E-state index contributed by atoms with van der Waals surface area (Å²) in [7, 11) is 0. The highest BCUT2D eigenvalue weighted by molar-refractivity contribution is 6.09. The van der Waals surface area contributed by atoms with Crippen LogP contribution in [-0.2, 0) is 19.1 Å². The van der Waals surface area contributed by atoms with Crippen molar-refractivity contribution in [3.63, 3.8) is 0 Å². The number of nitrogens with one attached hydrogen (secondary N) is 2. The largest absolute Gasteiger partial charge is 0.454 e. The van der Waals surface area contributed by atoms with Gasteiger partial charge >= 0.3 is 12.0 Å². The van der Waals surface area contributed by atoms with E-state index in [1.807, 2.05) is 6.92 Å². The molecule has 1 aliphatic carbocycles. The van der Waals surface area contributed by atoms with E-state index in [4.69, 9.17) is 4.74 Å². The molecule has 0 radical (unpaired) electrons. The van der Waals surface area contributed by atoms with E-state index >= 15 is 0 Å². The summed E-state index contributed by atoms with van der Waals surface area (Å²) in [5.41, 5.74) is -0.291. The molecule has 1 aliphatic heterocycles. The third-order valence-corrected chi connectivity index (χ3v) is 5.55. The van der Waals surface area contributed by atoms with Crippen molar-refractivity contribution in [1.29, 1.82) is 0 Å². The molecule has 1 saturated heterocycles. The van der Waals surface area contributed by atoms with Crippen LogP contribution in [0.3, 0.4) is 0 Å². The molecule has 2 fully saturated rings. The molecule has 1 heterocycles. The lowest BCUT2D eigenvalue weighted by Crippen LogP contribution is -2.54. The third-order valence-electron chi connectivity index (χ3n) is 5.55. The monoisotopic (exact) mass is 405 g/mol. The fraction of sp³-hybridized carbons (Fsp3) is 0.500. The number of rotatable bonds is 5. The van der Waals surface area contributed by atoms with Crippen molar-refractivity contribution < 1.29 is 28.3 Å². The highest BCUT2D eigenvalue weighted by Crippen LogP contribution is 2.38. The van der Waals surface area contributed by atoms with Gasteiger partial charge in [-0.1, -0.05) is 25.8 Å². The average molecular weight is 405 g/mol. The second-order valence-electron chi connectivity index (χ2n) is 7.63. The van der Waals surface area contributed by atoms with E-state index in [1.165, 1.54) is 12.1 Å². The summed E-state index contributed by atoms with van der Waals surface area (Å²) in [6.07, 6.45) is 3.17. The van der Waals surface area contributed by atoms with E-state index in [-0.39, 0.29) is 11.6 Å². The maximum Gasteiger partial charge on any atom is 0.326 e. The van der Waals surface area contributed by atoms with Gasteiger partial charge in [-0.2, -0.15) is 0 Å². The lowest BCUT2D eigenvalue weighted by atomic mass is 9.73. The fourth-order valence-corrected chi connectivity index (χ4v) is 3.87. The zero-order valence-electron chi connectivity index (χ0n) is 16.4. The standard InChI is InChI=1S/C20H24FN3O5/c1-12-6-7-15(14(21)9-12)22-16(25)11-29-17(26)10-24-18(27)20(23-19(24)28)8-4-3-5-13(20)2/h6-7,9,13H,3-5,8,10-11H2,1-2H3,(H,22,25)(H,23,28)/t13-,20+/m0/s1. The number of nitrogens with zero attached hydrogens (tertiary/aromatic N) is 1. The predicted octanol–water partition coefficient (Wildman–Crippen LogP) is 2.12. The summed E-state index contributed by atoms with van der Waals surface area (Å²) in [4.78, 5) is 49.8. The maximum absolute atomic E-state index is 13.8. The van der Waals surface area contributed by atoms with Gasteiger partial charge in [-0.05, 0) is 43.4 Å². The van der Waals surface area contributed by atoms with E-state index in [0.29, 0.717) is 12.0 Å². The summed E-state index contributed by atoms with van der Waals surface area (Å²) >= 11 is 0.